The van der Waals surface area contributed by atoms with Gasteiger partial charge in [0.15, 0.2) is 6.61 Å². The average molecular weight is 441 g/mol. The van der Waals surface area contributed by atoms with E-state index in [4.69, 9.17) is 21.1 Å². The van der Waals surface area contributed by atoms with Gasteiger partial charge in [-0.1, -0.05) is 41.9 Å². The van der Waals surface area contributed by atoms with E-state index < -0.39 is 23.4 Å². The number of hydrogen-bond donors (Lipinski definition) is 1. The lowest BCUT2D eigenvalue weighted by Crippen LogP contribution is -2.21. The van der Waals surface area contributed by atoms with Crippen molar-refractivity contribution in [2.75, 3.05) is 11.9 Å². The first-order valence-electron chi connectivity index (χ1n) is 9.10. The molecule has 0 aliphatic heterocycles. The zero-order chi connectivity index (χ0) is 22.2. The van der Waals surface area contributed by atoms with Gasteiger partial charge in [0.2, 0.25) is 0 Å². The second kappa shape index (κ2) is 10.2. The van der Waals surface area contributed by atoms with E-state index >= 15 is 0 Å². The topological polar surface area (TPSA) is 108 Å². The first kappa shape index (κ1) is 21.8. The summed E-state index contributed by atoms with van der Waals surface area (Å²) in [6.45, 7) is -0.160. The van der Waals surface area contributed by atoms with Crippen LogP contribution in [0.25, 0.3) is 0 Å². The van der Waals surface area contributed by atoms with Gasteiger partial charge >= 0.3 is 5.97 Å². The predicted molar refractivity (Wildman–Crippen MR) is 114 cm³/mol. The van der Waals surface area contributed by atoms with Gasteiger partial charge < -0.3 is 14.8 Å². The Hall–Kier alpha value is -3.91. The van der Waals surface area contributed by atoms with Gasteiger partial charge in [-0.05, 0) is 35.9 Å². The van der Waals surface area contributed by atoms with Gasteiger partial charge in [0.1, 0.15) is 12.4 Å². The number of carbonyl (C=O) groups is 2. The van der Waals surface area contributed by atoms with Gasteiger partial charge in [-0.15, -0.1) is 0 Å². The third-order valence-electron chi connectivity index (χ3n) is 4.10. The van der Waals surface area contributed by atoms with Gasteiger partial charge in [0.05, 0.1) is 15.5 Å². The Bertz CT molecular complexity index is 1090. The molecular formula is C22H17ClN2O6. The molecule has 1 N–H and O–H groups in total. The van der Waals surface area contributed by atoms with E-state index in [1.807, 2.05) is 30.3 Å². The van der Waals surface area contributed by atoms with E-state index in [0.717, 1.165) is 11.6 Å². The molecule has 1 amide bonds. The molecule has 0 saturated heterocycles. The smallest absolute Gasteiger partial charge is 0.340 e. The summed E-state index contributed by atoms with van der Waals surface area (Å²) in [6.07, 6.45) is 0. The summed E-state index contributed by atoms with van der Waals surface area (Å²) in [7, 11) is 0. The fourth-order valence-corrected chi connectivity index (χ4v) is 2.76. The summed E-state index contributed by atoms with van der Waals surface area (Å²) in [5, 5.41) is 13.4. The summed E-state index contributed by atoms with van der Waals surface area (Å²) < 4.78 is 10.6. The minimum Gasteiger partial charge on any atom is -0.489 e. The van der Waals surface area contributed by atoms with E-state index in [9.17, 15) is 19.7 Å². The number of esters is 1. The molecule has 0 bridgehead atoms. The highest BCUT2D eigenvalue weighted by molar-refractivity contribution is 6.33. The SMILES string of the molecule is O=C(COC(=O)c1cc([N+](=O)[O-])ccc1Cl)Nc1ccc(OCc2ccccc2)cc1. The number of nitrogens with zero attached hydrogens (tertiary/aromatic N) is 1. The number of amides is 1. The van der Waals surface area contributed by atoms with E-state index in [1.165, 1.54) is 12.1 Å². The molecule has 0 saturated carbocycles. The van der Waals surface area contributed by atoms with Crippen LogP contribution in [0.4, 0.5) is 11.4 Å². The number of anilines is 1. The molecule has 0 fully saturated rings. The van der Waals surface area contributed by atoms with Crippen LogP contribution in [0, 0.1) is 10.1 Å². The van der Waals surface area contributed by atoms with Crippen molar-refractivity contribution < 1.29 is 24.0 Å². The molecule has 158 valence electrons. The summed E-state index contributed by atoms with van der Waals surface area (Å²) in [4.78, 5) is 34.3. The molecule has 0 aliphatic carbocycles. The van der Waals surface area contributed by atoms with Crippen molar-refractivity contribution in [3.8, 4) is 5.75 Å². The lowest BCUT2D eigenvalue weighted by Gasteiger charge is -2.09. The van der Waals surface area contributed by atoms with Crippen LogP contribution in [0.15, 0.2) is 72.8 Å². The van der Waals surface area contributed by atoms with Crippen molar-refractivity contribution in [3.63, 3.8) is 0 Å². The first-order chi connectivity index (χ1) is 14.9. The number of non-ortho nitro benzene ring substituents is 1. The van der Waals surface area contributed by atoms with Crippen LogP contribution < -0.4 is 10.1 Å². The molecule has 3 aromatic carbocycles. The maximum absolute atomic E-state index is 12.1. The van der Waals surface area contributed by atoms with E-state index in [-0.39, 0.29) is 16.3 Å². The van der Waals surface area contributed by atoms with E-state index in [2.05, 4.69) is 5.32 Å². The molecule has 8 nitrogen and oxygen atoms in total. The standard InChI is InChI=1S/C22H17ClN2O6/c23-20-11-8-17(25(28)29)12-19(20)22(27)31-14-21(26)24-16-6-9-18(10-7-16)30-13-15-4-2-1-3-5-15/h1-12H,13-14H2,(H,24,26). The molecule has 9 heteroatoms. The van der Waals surface area contributed by atoms with Crippen LogP contribution in [-0.2, 0) is 16.1 Å². The van der Waals surface area contributed by atoms with Gasteiger partial charge in [0, 0.05) is 17.8 Å². The fraction of sp³-hybridized carbons (Fsp3) is 0.0909. The van der Waals surface area contributed by atoms with Gasteiger partial charge in [-0.25, -0.2) is 4.79 Å². The van der Waals surface area contributed by atoms with Gasteiger partial charge in [-0.2, -0.15) is 0 Å². The Kier molecular flexibility index (Phi) is 7.18. The molecule has 3 rings (SSSR count). The quantitative estimate of drug-likeness (QED) is 0.311. The number of nitro benzene ring substituents is 1. The molecule has 0 aliphatic rings. The van der Waals surface area contributed by atoms with Crippen molar-refractivity contribution in [1.29, 1.82) is 0 Å². The van der Waals surface area contributed by atoms with Crippen molar-refractivity contribution in [2.24, 2.45) is 0 Å². The Balaban J connectivity index is 1.50. The van der Waals surface area contributed by atoms with Crippen molar-refractivity contribution in [3.05, 3.63) is 99.1 Å². The van der Waals surface area contributed by atoms with E-state index in [0.29, 0.717) is 18.0 Å². The number of benzene rings is 3. The third-order valence-corrected chi connectivity index (χ3v) is 4.43. The Labute approximate surface area is 182 Å². The second-order valence-electron chi connectivity index (χ2n) is 6.34. The van der Waals surface area contributed by atoms with Crippen molar-refractivity contribution in [1.82, 2.24) is 0 Å². The number of nitrogens with one attached hydrogen (secondary N) is 1. The summed E-state index contributed by atoms with van der Waals surface area (Å²) in [5.74, 6) is -0.880. The Morgan fingerprint density at radius 2 is 1.71 bits per heavy atom. The molecule has 3 aromatic rings. The number of halogens is 1. The summed E-state index contributed by atoms with van der Waals surface area (Å²) in [6, 6.07) is 19.8. The lowest BCUT2D eigenvalue weighted by molar-refractivity contribution is -0.384. The van der Waals surface area contributed by atoms with Crippen LogP contribution in [0.5, 0.6) is 5.75 Å². The van der Waals surface area contributed by atoms with E-state index in [1.54, 1.807) is 24.3 Å². The minimum absolute atomic E-state index is 0.0119. The van der Waals surface area contributed by atoms with Gasteiger partial charge in [0.25, 0.3) is 11.6 Å². The van der Waals surface area contributed by atoms with Crippen molar-refractivity contribution >= 4 is 34.9 Å². The molecular weight excluding hydrogens is 424 g/mol. The molecule has 31 heavy (non-hydrogen) atoms. The number of rotatable bonds is 8. The van der Waals surface area contributed by atoms with Crippen LogP contribution >= 0.6 is 11.6 Å². The predicted octanol–water partition coefficient (Wildman–Crippen LogP) is 4.62. The van der Waals surface area contributed by atoms with Crippen LogP contribution in [0.2, 0.25) is 5.02 Å². The fourth-order valence-electron chi connectivity index (χ4n) is 2.56. The highest BCUT2D eigenvalue weighted by Crippen LogP contribution is 2.23. The zero-order valence-electron chi connectivity index (χ0n) is 16.1. The van der Waals surface area contributed by atoms with Crippen LogP contribution in [-0.4, -0.2) is 23.4 Å². The lowest BCUT2D eigenvalue weighted by atomic mass is 10.2. The van der Waals surface area contributed by atoms with Crippen LogP contribution in [0.1, 0.15) is 15.9 Å². The molecule has 0 heterocycles. The average Bonchev–Trinajstić information content (AvgIpc) is 2.78. The largest absolute Gasteiger partial charge is 0.489 e. The number of hydrogen-bond acceptors (Lipinski definition) is 6. The maximum Gasteiger partial charge on any atom is 0.340 e. The normalized spacial score (nSPS) is 10.2. The molecule has 0 spiro atoms. The monoisotopic (exact) mass is 440 g/mol. The highest BCUT2D eigenvalue weighted by atomic mass is 35.5. The Morgan fingerprint density at radius 1 is 1.00 bits per heavy atom. The minimum atomic E-state index is -0.937. The molecule has 0 aromatic heterocycles. The highest BCUT2D eigenvalue weighted by Gasteiger charge is 2.18. The number of ether oxygens (including phenoxy) is 2. The summed E-state index contributed by atoms with van der Waals surface area (Å²) >= 11 is 5.88. The molecule has 0 unspecified atom stereocenters. The van der Waals surface area contributed by atoms with Crippen molar-refractivity contribution in [2.45, 2.75) is 6.61 Å². The zero-order valence-corrected chi connectivity index (χ0v) is 16.9. The van der Waals surface area contributed by atoms with Gasteiger partial charge in [-0.3, -0.25) is 14.9 Å². The Morgan fingerprint density at radius 3 is 2.39 bits per heavy atom. The third kappa shape index (κ3) is 6.28. The number of carbonyl (C=O) groups excluding carboxylic acids is 2. The molecule has 0 atom stereocenters. The maximum atomic E-state index is 12.1. The number of nitro groups is 1. The molecule has 0 radical (unpaired) electrons. The first-order valence-corrected chi connectivity index (χ1v) is 9.48. The van der Waals surface area contributed by atoms with Crippen LogP contribution in [0.3, 0.4) is 0 Å². The second-order valence-corrected chi connectivity index (χ2v) is 6.75. The summed E-state index contributed by atoms with van der Waals surface area (Å²) in [5.41, 5.74) is 1.02.